The Morgan fingerprint density at radius 1 is 0.181 bits per heavy atom. The van der Waals surface area contributed by atoms with Gasteiger partial charge in [-0.05, 0) is 249 Å². The normalized spacial score (nSPS) is 10.1. The van der Waals surface area contributed by atoms with E-state index in [0.29, 0.717) is 0 Å². The third kappa shape index (κ3) is 24.8. The lowest BCUT2D eigenvalue weighted by atomic mass is 9.94. The molecule has 8 nitrogen and oxygen atoms in total. The highest BCUT2D eigenvalue weighted by atomic mass is 15.2. The van der Waals surface area contributed by atoms with Crippen molar-refractivity contribution in [3.63, 3.8) is 0 Å². The number of aryl methyl sites for hydroxylation is 10. The van der Waals surface area contributed by atoms with Crippen LogP contribution in [0.2, 0.25) is 0 Å². The third-order valence-corrected chi connectivity index (χ3v) is 23.7. The second-order valence-electron chi connectivity index (χ2n) is 31.2. The number of rotatable bonds is 5. The molecule has 706 valence electrons. The summed E-state index contributed by atoms with van der Waals surface area (Å²) >= 11 is 0. The van der Waals surface area contributed by atoms with E-state index in [4.69, 9.17) is 0 Å². The predicted molar refractivity (Wildman–Crippen MR) is 606 cm³/mol. The number of fused-ring (bicyclic) bond motifs is 12. The molecule has 0 radical (unpaired) electrons. The van der Waals surface area contributed by atoms with Crippen LogP contribution in [0.1, 0.15) is 166 Å². The minimum atomic E-state index is 1.03. The van der Waals surface area contributed by atoms with Crippen molar-refractivity contribution in [3.8, 4) is 56.3 Å². The van der Waals surface area contributed by atoms with Gasteiger partial charge in [-0.15, -0.1) is 0 Å². The van der Waals surface area contributed by atoms with Crippen molar-refractivity contribution in [2.24, 2.45) is 35.2 Å². The van der Waals surface area contributed by atoms with Crippen molar-refractivity contribution >= 4 is 130 Å². The number of nitrogens with zero attached hydrogens (tertiary/aromatic N) is 8. The average Bonchev–Trinajstić information content (AvgIpc) is 0.782. The van der Waals surface area contributed by atoms with Crippen molar-refractivity contribution in [1.29, 1.82) is 0 Å². The lowest BCUT2D eigenvalue weighted by Crippen LogP contribution is -2.35. The van der Waals surface area contributed by atoms with Gasteiger partial charge in [0.05, 0.1) is 52.2 Å². The van der Waals surface area contributed by atoms with Gasteiger partial charge in [-0.3, -0.25) is 0 Å². The number of benzene rings is 17. The molecule has 5 heterocycles. The quantitative estimate of drug-likeness (QED) is 0.127. The van der Waals surface area contributed by atoms with Gasteiger partial charge < -0.3 is 0 Å². The van der Waals surface area contributed by atoms with Crippen molar-refractivity contribution in [2.75, 3.05) is 0 Å². The first-order chi connectivity index (χ1) is 67.7. The highest BCUT2D eigenvalue weighted by Gasteiger charge is 2.25. The van der Waals surface area contributed by atoms with Crippen LogP contribution >= 0.6 is 0 Å². The Morgan fingerprint density at radius 3 is 0.746 bits per heavy atom. The zero-order chi connectivity index (χ0) is 101. The summed E-state index contributed by atoms with van der Waals surface area (Å²) in [6.07, 6.45) is 10.1. The van der Waals surface area contributed by atoms with Gasteiger partial charge in [0.15, 0.2) is 30.5 Å². The molecule has 0 N–H and O–H groups in total. The molecule has 0 aliphatic carbocycles. The largest absolute Gasteiger partial charge is 0.287 e. The van der Waals surface area contributed by atoms with E-state index < -0.39 is 0 Å². The molecule has 0 saturated carbocycles. The molecular weight excluding hydrogens is 1670 g/mol. The van der Waals surface area contributed by atoms with E-state index in [-0.39, 0.29) is 0 Å². The van der Waals surface area contributed by atoms with Gasteiger partial charge >= 0.3 is 0 Å². The van der Waals surface area contributed by atoms with Crippen LogP contribution in [-0.4, -0.2) is 15.1 Å². The van der Waals surface area contributed by atoms with Gasteiger partial charge in [0.1, 0.15) is 31.7 Å². The molecule has 0 spiro atoms. The minimum absolute atomic E-state index is 1.03. The van der Waals surface area contributed by atoms with Crippen molar-refractivity contribution in [2.45, 2.75) is 173 Å². The lowest BCUT2D eigenvalue weighted by molar-refractivity contribution is -0.719. The smallest absolute Gasteiger partial charge is 0.232 e. The Morgan fingerprint density at radius 2 is 0.420 bits per heavy atom. The van der Waals surface area contributed by atoms with E-state index in [0.717, 1.165) is 11.0 Å². The molecular formula is C130H151N8+5. The summed E-state index contributed by atoms with van der Waals surface area (Å²) < 4.78 is 10.7. The molecule has 8 heteroatoms. The van der Waals surface area contributed by atoms with E-state index in [9.17, 15) is 0 Å². The Balaban J connectivity index is 0.000000202. The monoisotopic (exact) mass is 1820 g/mol. The summed E-state index contributed by atoms with van der Waals surface area (Å²) in [7, 11) is 10.4. The van der Waals surface area contributed by atoms with E-state index >= 15 is 0 Å². The third-order valence-electron chi connectivity index (χ3n) is 23.7. The second kappa shape index (κ2) is 54.8. The van der Waals surface area contributed by atoms with Crippen LogP contribution in [-0.2, 0) is 35.2 Å². The summed E-state index contributed by atoms with van der Waals surface area (Å²) in [5.74, 6) is 0. The number of hydrogen-bond acceptors (Lipinski definition) is 3. The van der Waals surface area contributed by atoms with Crippen LogP contribution in [0.3, 0.4) is 0 Å². The Kier molecular flexibility index (Phi) is 43.2. The van der Waals surface area contributed by atoms with E-state index in [2.05, 4.69) is 448 Å². The molecule has 22 rings (SSSR count). The van der Waals surface area contributed by atoms with Gasteiger partial charge in [0.25, 0.3) is 12.7 Å². The molecule has 0 bridgehead atoms. The summed E-state index contributed by atoms with van der Waals surface area (Å²) in [6, 6.07) is 121. The molecule has 0 aliphatic heterocycles. The molecule has 22 aromatic rings. The van der Waals surface area contributed by atoms with Crippen molar-refractivity contribution < 1.29 is 23.0 Å². The molecule has 0 aliphatic rings. The van der Waals surface area contributed by atoms with Crippen molar-refractivity contribution in [1.82, 2.24) is 15.1 Å². The molecule has 5 aromatic heterocycles. The molecule has 0 unspecified atom stereocenters. The van der Waals surface area contributed by atoms with Crippen LogP contribution in [0.5, 0.6) is 0 Å². The van der Waals surface area contributed by atoms with Crippen LogP contribution in [0, 0.1) is 34.6 Å². The summed E-state index contributed by atoms with van der Waals surface area (Å²) in [4.78, 5) is 9.28. The maximum atomic E-state index is 4.67. The van der Waals surface area contributed by atoms with Crippen LogP contribution < -0.4 is 23.0 Å². The zero-order valence-electron chi connectivity index (χ0n) is 88.3. The molecule has 138 heavy (non-hydrogen) atoms. The first-order valence-corrected chi connectivity index (χ1v) is 50.5. The molecule has 0 atom stereocenters. The average molecular weight is 1830 g/mol. The van der Waals surface area contributed by atoms with Crippen LogP contribution in [0.4, 0.5) is 0 Å². The zero-order valence-corrected chi connectivity index (χ0v) is 88.3. The maximum Gasteiger partial charge on any atom is 0.287 e. The van der Waals surface area contributed by atoms with Crippen LogP contribution in [0.25, 0.3) is 186 Å². The highest BCUT2D eigenvalue weighted by molar-refractivity contribution is 6.09. The predicted octanol–water partition coefficient (Wildman–Crippen LogP) is 34.7. The fraction of sp³-hybridized carbons (Fsp3) is 0.231. The first-order valence-electron chi connectivity index (χ1n) is 50.5. The number of hydrogen-bond donors (Lipinski definition) is 0. The fourth-order valence-electron chi connectivity index (χ4n) is 17.5. The molecule has 0 fully saturated rings. The molecule has 17 aromatic carbocycles. The SMILES string of the molecule is CC.CC.CC.CC.CC.CC.CC.CC.CC.CC.Cc1c(-c2c3cc4ccccc4cc3cc[n+]2C)ccc2ccccc12.Cc1c(-c2c3cc4ccccc4cc3nc[n+]2C)ccc2ccccc12.Cc1ccccc1-c1c2cc3ccccc3cc2cc[n+]1C.Cc1ccccc1-c1c2cc3ccccc3cc2cn[n+]1C.Cc1ccccc1-c1c2cc3ccccc3cc2nc[n+]1C. The maximum absolute atomic E-state index is 4.67. The van der Waals surface area contributed by atoms with Gasteiger partial charge in [0.2, 0.25) is 17.1 Å². The highest BCUT2D eigenvalue weighted by Crippen LogP contribution is 2.39. The lowest BCUT2D eigenvalue weighted by Gasteiger charge is -2.12. The number of pyridine rings is 2. The van der Waals surface area contributed by atoms with E-state index in [1.54, 1.807) is 0 Å². The number of aromatic nitrogens is 8. The summed E-state index contributed by atoms with van der Waals surface area (Å²) in [6.45, 7) is 50.9. The Bertz CT molecular complexity index is 7120. The van der Waals surface area contributed by atoms with E-state index in [1.807, 2.05) is 169 Å². The summed E-state index contributed by atoms with van der Waals surface area (Å²) in [5, 5.41) is 32.3. The fourth-order valence-corrected chi connectivity index (χ4v) is 17.5. The standard InChI is InChI=1S/C25H20N.C24H19N2.C21H18N.2C20H17N2.10C2H6/c1-17-22-10-6-5-7-18(22)11-12-23(17)25-24-16-20-9-4-3-8-19(20)15-21(24)13-14-26(25)2;1-16-20-10-6-5-7-17(20)11-12-21(16)24-22-13-18-8-3-4-9-19(18)14-23(22)25-15-26(24)2;1-15-7-3-6-10-19(15)21-20-14-17-9-5-4-8-16(17)13-18(20)11-12-22(21)2;1-14-7-3-6-10-18(14)20-19-12-16-9-5-4-8-15(16)11-17(19)13-21-22(20)2;1-14-7-3-6-10-17(14)20-18-11-15-8-4-5-9-16(15)12-19(18)21-13-22(20)2;10*1-2/h3-16H,1-2H3;3-15H,1-2H3;3-14H,1-2H3;2*3-13H,1-2H3;10*1-2H3/q5*+1;;;;;;;;;;. The minimum Gasteiger partial charge on any atom is -0.232 e. The Hall–Kier alpha value is -14.6. The van der Waals surface area contributed by atoms with Gasteiger partial charge in [-0.2, -0.15) is 0 Å². The van der Waals surface area contributed by atoms with Gasteiger partial charge in [-0.1, -0.05) is 386 Å². The summed E-state index contributed by atoms with van der Waals surface area (Å²) in [5.41, 5.74) is 21.0. The first kappa shape index (κ1) is 109. The van der Waals surface area contributed by atoms with Crippen LogP contribution in [0.15, 0.2) is 371 Å². The second-order valence-corrected chi connectivity index (χ2v) is 31.2. The van der Waals surface area contributed by atoms with Crippen molar-refractivity contribution in [3.05, 3.63) is 399 Å². The van der Waals surface area contributed by atoms with Gasteiger partial charge in [0, 0.05) is 34.2 Å². The topological polar surface area (TPSA) is 58.1 Å². The molecule has 0 saturated heterocycles. The Labute approximate surface area is 825 Å². The van der Waals surface area contributed by atoms with E-state index in [1.165, 1.54) is 203 Å². The molecule has 0 amide bonds. The van der Waals surface area contributed by atoms with Gasteiger partial charge in [-0.25, -0.2) is 18.3 Å².